The fourth-order valence-electron chi connectivity index (χ4n) is 1.37. The molecule has 1 rings (SSSR count). The van der Waals surface area contributed by atoms with Crippen LogP contribution in [-0.2, 0) is 4.79 Å². The van der Waals surface area contributed by atoms with Crippen LogP contribution in [0.5, 0.6) is 0 Å². The highest BCUT2D eigenvalue weighted by Gasteiger charge is 2.32. The molecule has 0 aromatic carbocycles. The molecule has 3 N–H and O–H groups in total. The largest absolute Gasteiger partial charge is 0.480 e. The maximum Gasteiger partial charge on any atom is 0.328 e. The molecule has 86 valence electrons. The summed E-state index contributed by atoms with van der Waals surface area (Å²) in [5, 5.41) is 19.7. The van der Waals surface area contributed by atoms with Crippen LogP contribution in [0, 0.1) is 0 Å². The molecule has 0 radical (unpaired) electrons. The summed E-state index contributed by atoms with van der Waals surface area (Å²) in [6.45, 7) is 1.80. The molecule has 1 fully saturated rings. The minimum Gasteiger partial charge on any atom is -0.480 e. The standard InChI is InChI=1S/C9H16N2O4/c1-2-11(6-3-4-6)9(15)10-7(5-12)8(13)14/h6-7,12H,2-5H2,1H3,(H,10,15)(H,13,14)/t7-/m0/s1. The third kappa shape index (κ3) is 3.09. The highest BCUT2D eigenvalue weighted by molar-refractivity contribution is 5.82. The molecular weight excluding hydrogens is 200 g/mol. The zero-order valence-corrected chi connectivity index (χ0v) is 8.64. The lowest BCUT2D eigenvalue weighted by Gasteiger charge is -2.22. The first-order valence-corrected chi connectivity index (χ1v) is 5.01. The van der Waals surface area contributed by atoms with Gasteiger partial charge in [-0.25, -0.2) is 9.59 Å². The second kappa shape index (κ2) is 4.97. The van der Waals surface area contributed by atoms with Crippen molar-refractivity contribution in [1.29, 1.82) is 0 Å². The van der Waals surface area contributed by atoms with Crippen molar-refractivity contribution in [2.75, 3.05) is 13.2 Å². The Balaban J connectivity index is 2.48. The molecule has 2 amide bonds. The number of aliphatic hydroxyl groups is 1. The summed E-state index contributed by atoms with van der Waals surface area (Å²) in [5.41, 5.74) is 0. The summed E-state index contributed by atoms with van der Waals surface area (Å²) in [7, 11) is 0. The number of nitrogens with one attached hydrogen (secondary N) is 1. The Kier molecular flexibility index (Phi) is 3.90. The van der Waals surface area contributed by atoms with Crippen molar-refractivity contribution < 1.29 is 19.8 Å². The van der Waals surface area contributed by atoms with E-state index in [1.54, 1.807) is 4.90 Å². The Morgan fingerprint density at radius 2 is 2.13 bits per heavy atom. The van der Waals surface area contributed by atoms with Gasteiger partial charge in [0.25, 0.3) is 0 Å². The highest BCUT2D eigenvalue weighted by atomic mass is 16.4. The van der Waals surface area contributed by atoms with Crippen molar-refractivity contribution in [3.8, 4) is 0 Å². The minimum atomic E-state index is -1.22. The van der Waals surface area contributed by atoms with E-state index in [1.165, 1.54) is 0 Å². The number of carbonyl (C=O) groups excluding carboxylic acids is 1. The van der Waals surface area contributed by atoms with E-state index in [1.807, 2.05) is 6.92 Å². The second-order valence-electron chi connectivity index (χ2n) is 3.54. The van der Waals surface area contributed by atoms with Gasteiger partial charge >= 0.3 is 12.0 Å². The van der Waals surface area contributed by atoms with Gasteiger partial charge in [-0.05, 0) is 19.8 Å². The zero-order chi connectivity index (χ0) is 11.4. The Hall–Kier alpha value is -1.30. The average Bonchev–Trinajstić information content (AvgIpc) is 2.99. The first kappa shape index (κ1) is 11.8. The summed E-state index contributed by atoms with van der Waals surface area (Å²) < 4.78 is 0. The van der Waals surface area contributed by atoms with E-state index in [4.69, 9.17) is 10.2 Å². The summed E-state index contributed by atoms with van der Waals surface area (Å²) >= 11 is 0. The second-order valence-corrected chi connectivity index (χ2v) is 3.54. The van der Waals surface area contributed by atoms with Gasteiger partial charge < -0.3 is 20.4 Å². The summed E-state index contributed by atoms with van der Waals surface area (Å²) in [4.78, 5) is 23.7. The number of carbonyl (C=O) groups is 2. The van der Waals surface area contributed by atoms with Crippen LogP contribution in [0.1, 0.15) is 19.8 Å². The molecule has 0 unspecified atom stereocenters. The monoisotopic (exact) mass is 216 g/mol. The zero-order valence-electron chi connectivity index (χ0n) is 8.64. The van der Waals surface area contributed by atoms with E-state index < -0.39 is 24.6 Å². The van der Waals surface area contributed by atoms with Crippen LogP contribution < -0.4 is 5.32 Å². The third-order valence-corrected chi connectivity index (χ3v) is 2.37. The fourth-order valence-corrected chi connectivity index (χ4v) is 1.37. The molecule has 1 saturated carbocycles. The smallest absolute Gasteiger partial charge is 0.328 e. The number of rotatable bonds is 5. The van der Waals surface area contributed by atoms with E-state index in [0.29, 0.717) is 6.54 Å². The van der Waals surface area contributed by atoms with Crippen molar-refractivity contribution in [2.45, 2.75) is 31.8 Å². The maximum atomic E-state index is 11.6. The van der Waals surface area contributed by atoms with E-state index >= 15 is 0 Å². The van der Waals surface area contributed by atoms with Crippen LogP contribution in [0.25, 0.3) is 0 Å². The molecule has 0 aromatic heterocycles. The van der Waals surface area contributed by atoms with E-state index in [-0.39, 0.29) is 6.04 Å². The Bertz CT molecular complexity index is 252. The molecule has 0 heterocycles. The van der Waals surface area contributed by atoms with Gasteiger partial charge in [0.2, 0.25) is 0 Å². The van der Waals surface area contributed by atoms with Gasteiger partial charge in [0, 0.05) is 12.6 Å². The van der Waals surface area contributed by atoms with Crippen molar-refractivity contribution in [2.24, 2.45) is 0 Å². The number of aliphatic hydroxyl groups excluding tert-OH is 1. The number of hydrogen-bond acceptors (Lipinski definition) is 3. The molecule has 6 nitrogen and oxygen atoms in total. The van der Waals surface area contributed by atoms with Crippen molar-refractivity contribution >= 4 is 12.0 Å². The van der Waals surface area contributed by atoms with Gasteiger partial charge in [-0.15, -0.1) is 0 Å². The SMILES string of the molecule is CCN(C(=O)N[C@@H](CO)C(=O)O)C1CC1. The first-order valence-electron chi connectivity index (χ1n) is 5.01. The van der Waals surface area contributed by atoms with Crippen LogP contribution in [0.4, 0.5) is 4.79 Å². The lowest BCUT2D eigenvalue weighted by molar-refractivity contribution is -0.140. The van der Waals surface area contributed by atoms with Gasteiger partial charge in [0.15, 0.2) is 6.04 Å². The molecule has 1 aliphatic carbocycles. The molecule has 0 bridgehead atoms. The molecule has 0 aromatic rings. The van der Waals surface area contributed by atoms with Crippen LogP contribution in [0.15, 0.2) is 0 Å². The Morgan fingerprint density at radius 1 is 1.53 bits per heavy atom. The van der Waals surface area contributed by atoms with E-state index in [0.717, 1.165) is 12.8 Å². The number of carboxylic acid groups (broad SMARTS) is 1. The third-order valence-electron chi connectivity index (χ3n) is 2.37. The quantitative estimate of drug-likeness (QED) is 0.584. The maximum absolute atomic E-state index is 11.6. The number of urea groups is 1. The lowest BCUT2D eigenvalue weighted by atomic mass is 10.3. The summed E-state index contributed by atoms with van der Waals surface area (Å²) in [5.74, 6) is -1.22. The van der Waals surface area contributed by atoms with Gasteiger partial charge in [-0.2, -0.15) is 0 Å². The fraction of sp³-hybridized carbons (Fsp3) is 0.778. The van der Waals surface area contributed by atoms with Gasteiger partial charge in [-0.1, -0.05) is 0 Å². The van der Waals surface area contributed by atoms with Crippen LogP contribution >= 0.6 is 0 Å². The lowest BCUT2D eigenvalue weighted by Crippen LogP contribution is -2.50. The van der Waals surface area contributed by atoms with Gasteiger partial charge in [0.05, 0.1) is 6.61 Å². The number of carboxylic acids is 1. The Morgan fingerprint density at radius 3 is 2.47 bits per heavy atom. The number of nitrogens with zero attached hydrogens (tertiary/aromatic N) is 1. The number of amides is 2. The topological polar surface area (TPSA) is 89.9 Å². The van der Waals surface area contributed by atoms with Crippen molar-refractivity contribution in [3.63, 3.8) is 0 Å². The van der Waals surface area contributed by atoms with Crippen LogP contribution in [0.2, 0.25) is 0 Å². The highest BCUT2D eigenvalue weighted by Crippen LogP contribution is 2.26. The molecule has 0 aliphatic heterocycles. The van der Waals surface area contributed by atoms with Gasteiger partial charge in [-0.3, -0.25) is 0 Å². The van der Waals surface area contributed by atoms with Gasteiger partial charge in [0.1, 0.15) is 0 Å². The minimum absolute atomic E-state index is 0.239. The molecule has 0 saturated heterocycles. The predicted molar refractivity (Wildman–Crippen MR) is 52.4 cm³/mol. The molecule has 0 spiro atoms. The Labute approximate surface area is 87.9 Å². The predicted octanol–water partition coefficient (Wildman–Crippen LogP) is -0.374. The number of aliphatic carboxylic acids is 1. The molecule has 1 aliphatic rings. The molecule has 15 heavy (non-hydrogen) atoms. The van der Waals surface area contributed by atoms with E-state index in [9.17, 15) is 9.59 Å². The molecule has 1 atom stereocenters. The first-order chi connectivity index (χ1) is 7.10. The number of hydrogen-bond donors (Lipinski definition) is 3. The summed E-state index contributed by atoms with van der Waals surface area (Å²) in [6, 6.07) is -1.39. The normalized spacial score (nSPS) is 16.9. The van der Waals surface area contributed by atoms with Crippen LogP contribution in [-0.4, -0.2) is 52.3 Å². The van der Waals surface area contributed by atoms with Crippen molar-refractivity contribution in [3.05, 3.63) is 0 Å². The van der Waals surface area contributed by atoms with E-state index in [2.05, 4.69) is 5.32 Å². The van der Waals surface area contributed by atoms with Crippen molar-refractivity contribution in [1.82, 2.24) is 10.2 Å². The molecular formula is C9H16N2O4. The average molecular weight is 216 g/mol. The molecule has 6 heteroatoms. The van der Waals surface area contributed by atoms with Crippen LogP contribution in [0.3, 0.4) is 0 Å². The summed E-state index contributed by atoms with van der Waals surface area (Å²) in [6.07, 6.45) is 1.94.